The minimum Gasteiger partial charge on any atom is -0.508 e. The second kappa shape index (κ2) is 14.4. The van der Waals surface area contributed by atoms with Crippen LogP contribution in [0.15, 0.2) is 36.8 Å². The summed E-state index contributed by atoms with van der Waals surface area (Å²) in [5, 5.41) is 36.1. The van der Waals surface area contributed by atoms with Crippen molar-refractivity contribution < 1.29 is 39.3 Å². The first kappa shape index (κ1) is 30.7. The zero-order chi connectivity index (χ0) is 29.1. The van der Waals surface area contributed by atoms with Gasteiger partial charge < -0.3 is 47.7 Å². The molecule has 0 spiro atoms. The molecule has 0 bridgehead atoms. The molecular formula is C24H33N7O8. The number of aromatic nitrogens is 2. The van der Waals surface area contributed by atoms with Crippen LogP contribution in [-0.2, 0) is 36.8 Å². The molecule has 212 valence electrons. The van der Waals surface area contributed by atoms with E-state index in [0.717, 1.165) is 0 Å². The summed E-state index contributed by atoms with van der Waals surface area (Å²) in [4.78, 5) is 68.0. The molecule has 0 saturated heterocycles. The molecule has 4 amide bonds. The highest BCUT2D eigenvalue weighted by atomic mass is 16.4. The summed E-state index contributed by atoms with van der Waals surface area (Å²) in [6, 6.07) is 0.592. The Kier molecular flexibility index (Phi) is 11.4. The second-order valence-corrected chi connectivity index (χ2v) is 8.95. The second-order valence-electron chi connectivity index (χ2n) is 8.95. The van der Waals surface area contributed by atoms with E-state index in [1.807, 2.05) is 0 Å². The van der Waals surface area contributed by atoms with E-state index in [1.165, 1.54) is 31.6 Å². The van der Waals surface area contributed by atoms with Crippen molar-refractivity contribution in [1.29, 1.82) is 0 Å². The van der Waals surface area contributed by atoms with E-state index in [0.29, 0.717) is 11.3 Å². The van der Waals surface area contributed by atoms with Crippen LogP contribution in [0.5, 0.6) is 5.75 Å². The summed E-state index contributed by atoms with van der Waals surface area (Å²) in [6.45, 7) is 1.25. The van der Waals surface area contributed by atoms with Crippen LogP contribution < -0.4 is 27.4 Å². The molecule has 0 aliphatic rings. The number of amides is 4. The Morgan fingerprint density at radius 1 is 0.974 bits per heavy atom. The Labute approximate surface area is 223 Å². The number of aliphatic carboxylic acids is 1. The van der Waals surface area contributed by atoms with Crippen molar-refractivity contribution in [3.63, 3.8) is 0 Å². The normalized spacial score (nSPS) is 14.7. The van der Waals surface area contributed by atoms with E-state index in [4.69, 9.17) is 11.5 Å². The van der Waals surface area contributed by atoms with Gasteiger partial charge >= 0.3 is 5.97 Å². The fourth-order valence-electron chi connectivity index (χ4n) is 3.55. The number of hydrogen-bond donors (Lipinski definition) is 9. The number of H-pyrrole nitrogens is 1. The zero-order valence-electron chi connectivity index (χ0n) is 21.2. The van der Waals surface area contributed by atoms with E-state index in [9.17, 15) is 39.3 Å². The Hall–Kier alpha value is -4.50. The first-order chi connectivity index (χ1) is 18.4. The molecule has 0 radical (unpaired) electrons. The van der Waals surface area contributed by atoms with Crippen molar-refractivity contribution >= 4 is 29.6 Å². The molecule has 5 atom stereocenters. The van der Waals surface area contributed by atoms with Gasteiger partial charge in [-0.15, -0.1) is 0 Å². The molecular weight excluding hydrogens is 514 g/mol. The number of rotatable bonds is 15. The zero-order valence-corrected chi connectivity index (χ0v) is 21.2. The smallest absolute Gasteiger partial charge is 0.326 e. The number of nitrogens with one attached hydrogen (secondary N) is 4. The number of carboxylic acid groups (broad SMARTS) is 1. The highest BCUT2D eigenvalue weighted by Crippen LogP contribution is 2.11. The molecule has 2 aromatic rings. The first-order valence-electron chi connectivity index (χ1n) is 12.0. The van der Waals surface area contributed by atoms with Gasteiger partial charge in [-0.05, 0) is 37.5 Å². The lowest BCUT2D eigenvalue weighted by atomic mass is 10.0. The third kappa shape index (κ3) is 10.1. The minimum absolute atomic E-state index is 0.0406. The number of nitrogens with two attached hydrogens (primary N) is 2. The van der Waals surface area contributed by atoms with Crippen LogP contribution >= 0.6 is 0 Å². The van der Waals surface area contributed by atoms with E-state index in [1.54, 1.807) is 12.1 Å². The number of phenols is 1. The van der Waals surface area contributed by atoms with Crippen molar-refractivity contribution in [3.05, 3.63) is 48.0 Å². The van der Waals surface area contributed by atoms with Gasteiger partial charge in [0.2, 0.25) is 23.6 Å². The molecule has 0 saturated carbocycles. The summed E-state index contributed by atoms with van der Waals surface area (Å²) in [5.41, 5.74) is 12.1. The fraction of sp³-hybridized carbons (Fsp3) is 0.417. The van der Waals surface area contributed by atoms with Gasteiger partial charge in [0.05, 0.1) is 18.5 Å². The minimum atomic E-state index is -1.51. The van der Waals surface area contributed by atoms with Crippen LogP contribution in [0.2, 0.25) is 0 Å². The van der Waals surface area contributed by atoms with Gasteiger partial charge in [-0.25, -0.2) is 9.78 Å². The van der Waals surface area contributed by atoms with Gasteiger partial charge in [0, 0.05) is 24.7 Å². The van der Waals surface area contributed by atoms with E-state index in [-0.39, 0.29) is 31.4 Å². The summed E-state index contributed by atoms with van der Waals surface area (Å²) < 4.78 is 0. The number of hydrogen-bond acceptors (Lipinski definition) is 9. The number of aromatic hydroxyl groups is 1. The van der Waals surface area contributed by atoms with Crippen LogP contribution in [0.4, 0.5) is 0 Å². The Bertz CT molecular complexity index is 1140. The van der Waals surface area contributed by atoms with Crippen LogP contribution in [-0.4, -0.2) is 85.2 Å². The SMILES string of the molecule is CC(O)C(NC(=O)C(N)Cc1ccc(O)cc1)C(=O)NC(Cc1cnc[nH]1)C(=O)NC(CCC(N)=O)C(=O)O. The number of aliphatic hydroxyl groups excluding tert-OH is 1. The number of primary amides is 1. The average molecular weight is 548 g/mol. The Morgan fingerprint density at radius 3 is 2.15 bits per heavy atom. The van der Waals surface area contributed by atoms with Crippen molar-refractivity contribution in [3.8, 4) is 5.75 Å². The molecule has 0 aliphatic carbocycles. The number of carbonyl (C=O) groups excluding carboxylic acids is 4. The number of carbonyl (C=O) groups is 5. The fourth-order valence-corrected chi connectivity index (χ4v) is 3.55. The van der Waals surface area contributed by atoms with E-state index in [2.05, 4.69) is 25.9 Å². The van der Waals surface area contributed by atoms with Gasteiger partial charge in [0.25, 0.3) is 0 Å². The van der Waals surface area contributed by atoms with Crippen LogP contribution in [0.3, 0.4) is 0 Å². The summed E-state index contributed by atoms with van der Waals surface area (Å²) >= 11 is 0. The highest BCUT2D eigenvalue weighted by molar-refractivity contribution is 5.94. The maximum Gasteiger partial charge on any atom is 0.326 e. The van der Waals surface area contributed by atoms with Gasteiger partial charge in [-0.2, -0.15) is 0 Å². The van der Waals surface area contributed by atoms with Crippen molar-refractivity contribution in [1.82, 2.24) is 25.9 Å². The monoisotopic (exact) mass is 547 g/mol. The summed E-state index contributed by atoms with van der Waals surface area (Å²) in [7, 11) is 0. The molecule has 2 rings (SSSR count). The number of carboxylic acids is 1. The molecule has 0 fully saturated rings. The number of aliphatic hydroxyl groups is 1. The quantitative estimate of drug-likeness (QED) is 0.112. The van der Waals surface area contributed by atoms with Crippen LogP contribution in [0.1, 0.15) is 31.0 Å². The van der Waals surface area contributed by atoms with Gasteiger partial charge in [0.1, 0.15) is 23.9 Å². The predicted octanol–water partition coefficient (Wildman–Crippen LogP) is -2.59. The summed E-state index contributed by atoms with van der Waals surface area (Å²) in [5.74, 6) is -4.70. The lowest BCUT2D eigenvalue weighted by Gasteiger charge is -2.26. The molecule has 11 N–H and O–H groups in total. The van der Waals surface area contributed by atoms with Gasteiger partial charge in [0.15, 0.2) is 0 Å². The number of benzene rings is 1. The predicted molar refractivity (Wildman–Crippen MR) is 136 cm³/mol. The van der Waals surface area contributed by atoms with Crippen molar-refractivity contribution in [2.45, 2.75) is 62.9 Å². The third-order valence-corrected chi connectivity index (χ3v) is 5.70. The molecule has 1 aromatic heterocycles. The first-order valence-corrected chi connectivity index (χ1v) is 12.0. The number of aromatic amines is 1. The molecule has 0 aliphatic heterocycles. The topological polar surface area (TPSA) is 263 Å². The highest BCUT2D eigenvalue weighted by Gasteiger charge is 2.33. The molecule has 1 heterocycles. The Balaban J connectivity index is 2.14. The van der Waals surface area contributed by atoms with E-state index < -0.39 is 59.9 Å². The van der Waals surface area contributed by atoms with Crippen molar-refractivity contribution in [2.75, 3.05) is 0 Å². The van der Waals surface area contributed by atoms with Gasteiger partial charge in [-0.1, -0.05) is 12.1 Å². The molecule has 15 nitrogen and oxygen atoms in total. The Morgan fingerprint density at radius 2 is 1.62 bits per heavy atom. The molecule has 5 unspecified atom stereocenters. The number of imidazole rings is 1. The number of phenolic OH excluding ortho intramolecular Hbond substituents is 1. The van der Waals surface area contributed by atoms with Crippen LogP contribution in [0.25, 0.3) is 0 Å². The average Bonchev–Trinajstić information content (AvgIpc) is 3.38. The lowest BCUT2D eigenvalue weighted by Crippen LogP contribution is -2.60. The maximum atomic E-state index is 13.1. The molecule has 1 aromatic carbocycles. The van der Waals surface area contributed by atoms with E-state index >= 15 is 0 Å². The van der Waals surface area contributed by atoms with Crippen molar-refractivity contribution in [2.24, 2.45) is 11.5 Å². The van der Waals surface area contributed by atoms with Crippen LogP contribution in [0, 0.1) is 0 Å². The summed E-state index contributed by atoms with van der Waals surface area (Å²) in [6.07, 6.45) is 0.709. The maximum absolute atomic E-state index is 13.1. The van der Waals surface area contributed by atoms with Gasteiger partial charge in [-0.3, -0.25) is 19.2 Å². The molecule has 39 heavy (non-hydrogen) atoms. The molecule has 15 heteroatoms. The largest absolute Gasteiger partial charge is 0.508 e. The standard InChI is InChI=1S/C24H33N7O8/c1-12(32)20(31-21(35)16(25)8-13-2-4-15(33)5-3-13)23(37)30-18(9-14-10-27-11-28-14)22(36)29-17(24(38)39)6-7-19(26)34/h2-5,10-12,16-18,20,32-33H,6-9,25H2,1H3,(H2,26,34)(H,27,28)(H,29,36)(H,30,37)(H,31,35)(H,38,39). The third-order valence-electron chi connectivity index (χ3n) is 5.70. The lowest BCUT2D eigenvalue weighted by molar-refractivity contribution is -0.142. The number of nitrogens with zero attached hydrogens (tertiary/aromatic N) is 1.